The van der Waals surface area contributed by atoms with Crippen LogP contribution in [0.5, 0.6) is 0 Å². The number of allylic oxidation sites excluding steroid dienone is 1. The quantitative estimate of drug-likeness (QED) is 0.451. The van der Waals surface area contributed by atoms with Crippen molar-refractivity contribution in [2.24, 2.45) is 0 Å². The fraction of sp³-hybridized carbons (Fsp3) is 0.529. The molecule has 1 aromatic carbocycles. The molecule has 0 amide bonds. The highest BCUT2D eigenvalue weighted by Gasteiger charge is 2.25. The predicted octanol–water partition coefficient (Wildman–Crippen LogP) is 4.22. The lowest BCUT2D eigenvalue weighted by molar-refractivity contribution is 0.159. The number of halogens is 4. The van der Waals surface area contributed by atoms with Crippen molar-refractivity contribution in [2.45, 2.75) is 31.7 Å². The number of nitrogens with one attached hydrogen (secondary N) is 1. The van der Waals surface area contributed by atoms with E-state index in [1.807, 2.05) is 6.08 Å². The fourth-order valence-corrected chi connectivity index (χ4v) is 2.95. The van der Waals surface area contributed by atoms with Crippen LogP contribution < -0.4 is 5.32 Å². The van der Waals surface area contributed by atoms with Gasteiger partial charge in [-0.05, 0) is 25.3 Å². The Kier molecular flexibility index (Phi) is 8.66. The van der Waals surface area contributed by atoms with Crippen LogP contribution in [0.1, 0.15) is 37.3 Å². The van der Waals surface area contributed by atoms with Crippen LogP contribution in [-0.2, 0) is 0 Å². The van der Waals surface area contributed by atoms with Crippen LogP contribution in [0.4, 0.5) is 13.2 Å². The molecule has 0 aromatic heterocycles. The second-order valence-electron chi connectivity index (χ2n) is 5.66. The smallest absolute Gasteiger partial charge is 0.161 e. The number of piperazine rings is 1. The van der Waals surface area contributed by atoms with Gasteiger partial charge < -0.3 is 5.32 Å². The molecule has 23 heavy (non-hydrogen) atoms. The fourth-order valence-electron chi connectivity index (χ4n) is 2.95. The second kappa shape index (κ2) is 9.96. The molecular formula is C17H24ClF3N2. The molecule has 0 bridgehead atoms. The molecule has 1 N–H and O–H groups in total. The summed E-state index contributed by atoms with van der Waals surface area (Å²) >= 11 is 0. The van der Waals surface area contributed by atoms with Crippen LogP contribution in [0.15, 0.2) is 24.8 Å². The van der Waals surface area contributed by atoms with Crippen LogP contribution in [0, 0.1) is 17.5 Å². The van der Waals surface area contributed by atoms with E-state index in [9.17, 15) is 13.2 Å². The second-order valence-corrected chi connectivity index (χ2v) is 5.66. The minimum atomic E-state index is -1.13. The Hall–Kier alpha value is -1.04. The average molecular weight is 349 g/mol. The largest absolute Gasteiger partial charge is 0.314 e. The third-order valence-electron chi connectivity index (χ3n) is 4.13. The van der Waals surface area contributed by atoms with E-state index in [4.69, 9.17) is 0 Å². The van der Waals surface area contributed by atoms with Crippen molar-refractivity contribution in [1.82, 2.24) is 10.2 Å². The predicted molar refractivity (Wildman–Crippen MR) is 89.4 cm³/mol. The molecule has 1 fully saturated rings. The van der Waals surface area contributed by atoms with Crippen molar-refractivity contribution >= 4 is 12.4 Å². The zero-order chi connectivity index (χ0) is 15.9. The van der Waals surface area contributed by atoms with Crippen LogP contribution >= 0.6 is 12.4 Å². The SMILES string of the molecule is C=CCCCC[C@@H](c1cc(F)c(F)cc1F)N1CCNCC1.Cl. The Morgan fingerprint density at radius 1 is 1.09 bits per heavy atom. The van der Waals surface area contributed by atoms with E-state index >= 15 is 0 Å². The molecule has 1 aliphatic rings. The molecule has 0 radical (unpaired) electrons. The number of unbranched alkanes of at least 4 members (excludes halogenated alkanes) is 2. The van der Waals surface area contributed by atoms with Gasteiger partial charge in [-0.2, -0.15) is 0 Å². The summed E-state index contributed by atoms with van der Waals surface area (Å²) in [5, 5.41) is 3.25. The van der Waals surface area contributed by atoms with Gasteiger partial charge in [-0.15, -0.1) is 19.0 Å². The van der Waals surface area contributed by atoms with Crippen LogP contribution in [0.3, 0.4) is 0 Å². The molecule has 2 rings (SSSR count). The highest BCUT2D eigenvalue weighted by atomic mass is 35.5. The molecular weight excluding hydrogens is 325 g/mol. The molecule has 1 aliphatic heterocycles. The summed E-state index contributed by atoms with van der Waals surface area (Å²) in [7, 11) is 0. The van der Waals surface area contributed by atoms with Gasteiger partial charge in [0.05, 0.1) is 0 Å². The molecule has 0 aliphatic carbocycles. The maximum absolute atomic E-state index is 14.1. The highest BCUT2D eigenvalue weighted by molar-refractivity contribution is 5.85. The first-order chi connectivity index (χ1) is 10.6. The van der Waals surface area contributed by atoms with Crippen LogP contribution in [0.25, 0.3) is 0 Å². The molecule has 1 heterocycles. The van der Waals surface area contributed by atoms with Gasteiger partial charge in [0.2, 0.25) is 0 Å². The van der Waals surface area contributed by atoms with E-state index in [2.05, 4.69) is 16.8 Å². The third-order valence-corrected chi connectivity index (χ3v) is 4.13. The maximum atomic E-state index is 14.1. The average Bonchev–Trinajstić information content (AvgIpc) is 2.52. The van der Waals surface area contributed by atoms with E-state index in [0.717, 1.165) is 57.9 Å². The summed E-state index contributed by atoms with van der Waals surface area (Å²) in [4.78, 5) is 2.15. The Labute approximate surface area is 142 Å². The molecule has 2 nitrogen and oxygen atoms in total. The first-order valence-corrected chi connectivity index (χ1v) is 7.83. The lowest BCUT2D eigenvalue weighted by atomic mass is 9.97. The minimum absolute atomic E-state index is 0. The van der Waals surface area contributed by atoms with Crippen LogP contribution in [-0.4, -0.2) is 31.1 Å². The molecule has 1 atom stereocenters. The molecule has 0 unspecified atom stereocenters. The molecule has 1 aromatic rings. The molecule has 6 heteroatoms. The lowest BCUT2D eigenvalue weighted by Crippen LogP contribution is -2.45. The van der Waals surface area contributed by atoms with E-state index in [1.165, 1.54) is 0 Å². The minimum Gasteiger partial charge on any atom is -0.314 e. The highest BCUT2D eigenvalue weighted by Crippen LogP contribution is 2.30. The monoisotopic (exact) mass is 348 g/mol. The standard InChI is InChI=1S/C17H23F3N2.ClH/c1-2-3-4-5-6-17(22-9-7-21-8-10-22)13-11-15(19)16(20)12-14(13)18;/h2,11-12,17,21H,1,3-10H2;1H/t17-;/m0./s1. The Morgan fingerprint density at radius 2 is 1.74 bits per heavy atom. The lowest BCUT2D eigenvalue weighted by Gasteiger charge is -2.35. The Morgan fingerprint density at radius 3 is 2.39 bits per heavy atom. The zero-order valence-corrected chi connectivity index (χ0v) is 14.0. The van der Waals surface area contributed by atoms with E-state index in [-0.39, 0.29) is 24.0 Å². The summed E-state index contributed by atoms with van der Waals surface area (Å²) in [6.07, 6.45) is 5.37. The van der Waals surface area contributed by atoms with Gasteiger partial charge in [-0.1, -0.05) is 12.5 Å². The van der Waals surface area contributed by atoms with Crippen molar-refractivity contribution < 1.29 is 13.2 Å². The van der Waals surface area contributed by atoms with Gasteiger partial charge in [0.25, 0.3) is 0 Å². The number of hydrogen-bond donors (Lipinski definition) is 1. The van der Waals surface area contributed by atoms with Crippen molar-refractivity contribution in [2.75, 3.05) is 26.2 Å². The van der Waals surface area contributed by atoms with E-state index < -0.39 is 17.5 Å². The summed E-state index contributed by atoms with van der Waals surface area (Å²) in [5.74, 6) is -2.78. The Bertz CT molecular complexity index is 505. The molecule has 1 saturated heterocycles. The summed E-state index contributed by atoms with van der Waals surface area (Å²) in [6.45, 7) is 6.91. The van der Waals surface area contributed by atoms with E-state index in [0.29, 0.717) is 6.07 Å². The van der Waals surface area contributed by atoms with Gasteiger partial charge in [0.1, 0.15) is 5.82 Å². The third kappa shape index (κ3) is 5.52. The van der Waals surface area contributed by atoms with Crippen LogP contribution in [0.2, 0.25) is 0 Å². The summed E-state index contributed by atoms with van der Waals surface area (Å²) < 4.78 is 40.9. The topological polar surface area (TPSA) is 15.3 Å². The summed E-state index contributed by atoms with van der Waals surface area (Å²) in [6, 6.07) is 1.47. The molecule has 0 saturated carbocycles. The Balaban J connectivity index is 0.00000264. The first-order valence-electron chi connectivity index (χ1n) is 7.83. The van der Waals surface area contributed by atoms with Crippen molar-refractivity contribution in [3.8, 4) is 0 Å². The number of benzene rings is 1. The first kappa shape index (κ1) is 20.0. The normalized spacial score (nSPS) is 16.7. The van der Waals surface area contributed by atoms with Gasteiger partial charge >= 0.3 is 0 Å². The maximum Gasteiger partial charge on any atom is 0.161 e. The molecule has 130 valence electrons. The molecule has 0 spiro atoms. The summed E-state index contributed by atoms with van der Waals surface area (Å²) in [5.41, 5.74) is 0.263. The van der Waals surface area contributed by atoms with Crippen molar-refractivity contribution in [3.05, 3.63) is 47.8 Å². The van der Waals surface area contributed by atoms with Gasteiger partial charge in [0.15, 0.2) is 11.6 Å². The van der Waals surface area contributed by atoms with Gasteiger partial charge in [-0.25, -0.2) is 13.2 Å². The van der Waals surface area contributed by atoms with Gasteiger partial charge in [0, 0.05) is 43.9 Å². The number of nitrogens with zero attached hydrogens (tertiary/aromatic N) is 1. The zero-order valence-electron chi connectivity index (χ0n) is 13.2. The van der Waals surface area contributed by atoms with E-state index in [1.54, 1.807) is 0 Å². The van der Waals surface area contributed by atoms with Crippen molar-refractivity contribution in [3.63, 3.8) is 0 Å². The van der Waals surface area contributed by atoms with Crippen molar-refractivity contribution in [1.29, 1.82) is 0 Å². The number of hydrogen-bond acceptors (Lipinski definition) is 2. The number of rotatable bonds is 7. The van der Waals surface area contributed by atoms with Gasteiger partial charge in [-0.3, -0.25) is 4.90 Å².